The van der Waals surface area contributed by atoms with Crippen molar-refractivity contribution in [3.8, 4) is 5.75 Å². The van der Waals surface area contributed by atoms with Crippen molar-refractivity contribution < 1.29 is 14.3 Å². The molecule has 0 radical (unpaired) electrons. The largest absolute Gasteiger partial charge is 0.478 e. The van der Waals surface area contributed by atoms with E-state index in [4.69, 9.17) is 16.3 Å². The van der Waals surface area contributed by atoms with E-state index in [0.717, 1.165) is 10.0 Å². The van der Waals surface area contributed by atoms with Crippen LogP contribution in [0.3, 0.4) is 0 Å². The zero-order valence-corrected chi connectivity index (χ0v) is 19.7. The summed E-state index contributed by atoms with van der Waals surface area (Å²) in [5.74, 6) is 0.00866. The van der Waals surface area contributed by atoms with Crippen molar-refractivity contribution in [2.45, 2.75) is 26.4 Å². The van der Waals surface area contributed by atoms with E-state index in [-0.39, 0.29) is 11.8 Å². The Morgan fingerprint density at radius 3 is 2.29 bits per heavy atom. The smallest absolute Gasteiger partial charge is 0.267 e. The molecule has 2 N–H and O–H groups in total. The second-order valence-corrected chi connectivity index (χ2v) is 8.81. The molecule has 2 amide bonds. The number of rotatable bonds is 6. The van der Waals surface area contributed by atoms with Crippen molar-refractivity contribution in [2.24, 2.45) is 0 Å². The summed E-state index contributed by atoms with van der Waals surface area (Å²) in [6.07, 6.45) is 0. The molecule has 3 rings (SSSR count). The van der Waals surface area contributed by atoms with E-state index in [1.165, 1.54) is 0 Å². The number of aryl methyl sites for hydroxylation is 1. The van der Waals surface area contributed by atoms with Gasteiger partial charge < -0.3 is 15.4 Å². The van der Waals surface area contributed by atoms with Gasteiger partial charge in [0, 0.05) is 15.8 Å². The van der Waals surface area contributed by atoms with E-state index in [2.05, 4.69) is 26.6 Å². The summed E-state index contributed by atoms with van der Waals surface area (Å²) in [7, 11) is 0. The van der Waals surface area contributed by atoms with Crippen LogP contribution in [0.2, 0.25) is 5.02 Å². The first kappa shape index (κ1) is 22.8. The molecule has 0 aliphatic carbocycles. The molecule has 0 aliphatic rings. The third kappa shape index (κ3) is 5.87. The van der Waals surface area contributed by atoms with Gasteiger partial charge >= 0.3 is 0 Å². The summed E-state index contributed by atoms with van der Waals surface area (Å²) in [5, 5.41) is 6.10. The summed E-state index contributed by atoms with van der Waals surface area (Å²) in [6.45, 7) is 5.26. The third-order valence-electron chi connectivity index (χ3n) is 4.58. The van der Waals surface area contributed by atoms with E-state index in [1.54, 1.807) is 68.4 Å². The first-order chi connectivity index (χ1) is 14.7. The van der Waals surface area contributed by atoms with E-state index in [0.29, 0.717) is 27.7 Å². The maximum Gasteiger partial charge on any atom is 0.267 e. The molecule has 0 saturated heterocycles. The van der Waals surface area contributed by atoms with Gasteiger partial charge in [-0.25, -0.2) is 0 Å². The number of amides is 2. The summed E-state index contributed by atoms with van der Waals surface area (Å²) in [6, 6.07) is 19.4. The zero-order valence-electron chi connectivity index (χ0n) is 17.3. The SMILES string of the molecule is Cc1cc(NC(=O)C(C)(C)Oc2ccc(Br)cc2)ccc1NC(=O)c1ccccc1Cl. The molecule has 0 atom stereocenters. The third-order valence-corrected chi connectivity index (χ3v) is 5.44. The molecule has 5 nitrogen and oxygen atoms in total. The predicted octanol–water partition coefficient (Wildman–Crippen LogP) is 6.46. The van der Waals surface area contributed by atoms with Crippen molar-refractivity contribution in [1.82, 2.24) is 0 Å². The van der Waals surface area contributed by atoms with Gasteiger partial charge in [0.2, 0.25) is 0 Å². The highest BCUT2D eigenvalue weighted by Crippen LogP contribution is 2.25. The minimum atomic E-state index is -1.08. The molecule has 31 heavy (non-hydrogen) atoms. The number of carbonyl (C=O) groups is 2. The molecule has 0 aromatic heterocycles. The Hall–Kier alpha value is -2.83. The average Bonchev–Trinajstić information content (AvgIpc) is 2.72. The fraction of sp³-hybridized carbons (Fsp3) is 0.167. The quantitative estimate of drug-likeness (QED) is 0.407. The number of carbonyl (C=O) groups excluding carboxylic acids is 2. The van der Waals surface area contributed by atoms with Crippen LogP contribution in [0.15, 0.2) is 71.2 Å². The van der Waals surface area contributed by atoms with Gasteiger partial charge in [-0.3, -0.25) is 9.59 Å². The van der Waals surface area contributed by atoms with Gasteiger partial charge in [-0.1, -0.05) is 39.7 Å². The van der Waals surface area contributed by atoms with Crippen molar-refractivity contribution in [3.63, 3.8) is 0 Å². The maximum atomic E-state index is 12.8. The Balaban J connectivity index is 1.68. The van der Waals surface area contributed by atoms with Gasteiger partial charge in [-0.2, -0.15) is 0 Å². The number of nitrogens with one attached hydrogen (secondary N) is 2. The maximum absolute atomic E-state index is 12.8. The molecule has 0 bridgehead atoms. The lowest BCUT2D eigenvalue weighted by Gasteiger charge is -2.25. The van der Waals surface area contributed by atoms with Crippen molar-refractivity contribution in [1.29, 1.82) is 0 Å². The normalized spacial score (nSPS) is 11.0. The summed E-state index contributed by atoms with van der Waals surface area (Å²) in [4.78, 5) is 25.3. The highest BCUT2D eigenvalue weighted by atomic mass is 79.9. The van der Waals surface area contributed by atoms with Crippen LogP contribution >= 0.6 is 27.5 Å². The Bertz CT molecular complexity index is 1110. The lowest BCUT2D eigenvalue weighted by molar-refractivity contribution is -0.128. The monoisotopic (exact) mass is 500 g/mol. The highest BCUT2D eigenvalue weighted by Gasteiger charge is 2.30. The minimum absolute atomic E-state index is 0.289. The molecule has 3 aromatic carbocycles. The fourth-order valence-corrected chi connectivity index (χ4v) is 3.33. The molecule has 7 heteroatoms. The molecule has 0 heterocycles. The summed E-state index contributed by atoms with van der Waals surface area (Å²) in [5.41, 5.74) is 1.34. The molecule has 0 spiro atoms. The van der Waals surface area contributed by atoms with Gasteiger partial charge in [0.15, 0.2) is 5.60 Å². The van der Waals surface area contributed by atoms with Crippen LogP contribution in [0.25, 0.3) is 0 Å². The minimum Gasteiger partial charge on any atom is -0.478 e. The molecule has 3 aromatic rings. The molecule has 0 aliphatic heterocycles. The van der Waals surface area contributed by atoms with E-state index in [9.17, 15) is 9.59 Å². The van der Waals surface area contributed by atoms with Crippen LogP contribution < -0.4 is 15.4 Å². The fourth-order valence-electron chi connectivity index (χ4n) is 2.84. The number of hydrogen-bond donors (Lipinski definition) is 2. The number of benzene rings is 3. The molecule has 0 fully saturated rings. The van der Waals surface area contributed by atoms with E-state index >= 15 is 0 Å². The molecule has 0 saturated carbocycles. The topological polar surface area (TPSA) is 67.4 Å². The number of halogens is 2. The zero-order chi connectivity index (χ0) is 22.6. The first-order valence-corrected chi connectivity index (χ1v) is 10.8. The number of hydrogen-bond acceptors (Lipinski definition) is 3. The van der Waals surface area contributed by atoms with Crippen LogP contribution in [0, 0.1) is 6.92 Å². The van der Waals surface area contributed by atoms with Crippen LogP contribution in [-0.2, 0) is 4.79 Å². The number of anilines is 2. The molecule has 0 unspecified atom stereocenters. The van der Waals surface area contributed by atoms with Crippen molar-refractivity contribution in [2.75, 3.05) is 10.6 Å². The average molecular weight is 502 g/mol. The van der Waals surface area contributed by atoms with Crippen LogP contribution in [0.1, 0.15) is 29.8 Å². The second-order valence-electron chi connectivity index (χ2n) is 7.48. The second kappa shape index (κ2) is 9.54. The van der Waals surface area contributed by atoms with E-state index in [1.807, 2.05) is 19.1 Å². The Labute approximate surface area is 194 Å². The lowest BCUT2D eigenvalue weighted by atomic mass is 10.1. The molecule has 160 valence electrons. The predicted molar refractivity (Wildman–Crippen MR) is 128 cm³/mol. The van der Waals surface area contributed by atoms with Gasteiger partial charge in [0.25, 0.3) is 11.8 Å². The van der Waals surface area contributed by atoms with E-state index < -0.39 is 5.60 Å². The highest BCUT2D eigenvalue weighted by molar-refractivity contribution is 9.10. The summed E-state index contributed by atoms with van der Waals surface area (Å²) >= 11 is 9.47. The van der Waals surface area contributed by atoms with Gasteiger partial charge in [-0.15, -0.1) is 0 Å². The lowest BCUT2D eigenvalue weighted by Crippen LogP contribution is -2.42. The first-order valence-electron chi connectivity index (χ1n) is 9.58. The van der Waals surface area contributed by atoms with Crippen LogP contribution in [-0.4, -0.2) is 17.4 Å². The van der Waals surface area contributed by atoms with Crippen LogP contribution in [0.5, 0.6) is 5.75 Å². The van der Waals surface area contributed by atoms with Crippen molar-refractivity contribution in [3.05, 3.63) is 87.4 Å². The Morgan fingerprint density at radius 2 is 1.65 bits per heavy atom. The molecular formula is C24H22BrClN2O3. The van der Waals surface area contributed by atoms with Crippen LogP contribution in [0.4, 0.5) is 11.4 Å². The standard InChI is InChI=1S/C24H22BrClN2O3/c1-15-14-17(10-13-21(15)28-22(29)19-6-4-5-7-20(19)26)27-23(30)24(2,3)31-18-11-8-16(25)9-12-18/h4-14H,1-3H3,(H,27,30)(H,28,29). The number of ether oxygens (including phenoxy) is 1. The van der Waals surface area contributed by atoms with Gasteiger partial charge in [0.1, 0.15) is 5.75 Å². The Morgan fingerprint density at radius 1 is 0.968 bits per heavy atom. The molecular weight excluding hydrogens is 480 g/mol. The van der Waals surface area contributed by atoms with Gasteiger partial charge in [-0.05, 0) is 80.9 Å². The van der Waals surface area contributed by atoms with Crippen molar-refractivity contribution >= 4 is 50.7 Å². The van der Waals surface area contributed by atoms with Gasteiger partial charge in [0.05, 0.1) is 10.6 Å². The Kier molecular flexibility index (Phi) is 7.03. The summed E-state index contributed by atoms with van der Waals surface area (Å²) < 4.78 is 6.79.